The minimum Gasteiger partial charge on any atom is -0.264 e. The highest BCUT2D eigenvalue weighted by molar-refractivity contribution is 5.87. The molecule has 89 heavy (non-hydrogen) atoms. The van der Waals surface area contributed by atoms with Gasteiger partial charge in [-0.2, -0.15) is 0 Å². The summed E-state index contributed by atoms with van der Waals surface area (Å²) in [5.74, 6) is 2.38. The Morgan fingerprint density at radius 1 is 0.258 bits per heavy atom. The molecule has 0 aliphatic rings. The van der Waals surface area contributed by atoms with Gasteiger partial charge in [0.25, 0.3) is 0 Å². The molecule has 5 aromatic carbocycles. The number of hydrogen-bond donors (Lipinski definition) is 0. The summed E-state index contributed by atoms with van der Waals surface area (Å²) in [6.07, 6.45) is 10.9. The zero-order valence-corrected chi connectivity index (χ0v) is 59.6. The monoisotopic (exact) mass is 1200 g/mol. The molecular weight excluding hydrogens is 1090 g/mol. The Bertz CT molecular complexity index is 3360. The van der Waals surface area contributed by atoms with Crippen LogP contribution >= 0.6 is 0 Å². The van der Waals surface area contributed by atoms with Crippen molar-refractivity contribution in [1.82, 2.24) is 49.8 Å². The van der Waals surface area contributed by atoms with E-state index < -0.39 is 0 Å². The fourth-order valence-corrected chi connectivity index (χ4v) is 9.11. The molecule has 0 aliphatic carbocycles. The molecule has 12 rings (SSSR count). The molecule has 0 unspecified atom stereocenters. The molecular formula is C79H108N10. The van der Waals surface area contributed by atoms with Crippen molar-refractivity contribution in [2.24, 2.45) is 0 Å². The van der Waals surface area contributed by atoms with Crippen molar-refractivity contribution < 1.29 is 0 Å². The van der Waals surface area contributed by atoms with Gasteiger partial charge < -0.3 is 0 Å². The molecule has 7 aromatic heterocycles. The van der Waals surface area contributed by atoms with Crippen LogP contribution in [0.4, 0.5) is 0 Å². The maximum Gasteiger partial charge on any atom is 0.129 e. The zero-order chi connectivity index (χ0) is 67.6. The van der Waals surface area contributed by atoms with Crippen LogP contribution in [-0.2, 0) is 0 Å². The number of para-hydroxylation sites is 1. The Labute approximate surface area is 537 Å². The van der Waals surface area contributed by atoms with Crippen molar-refractivity contribution in [3.63, 3.8) is 0 Å². The zero-order valence-electron chi connectivity index (χ0n) is 59.6. The number of aromatic nitrogens is 10. The summed E-state index contributed by atoms with van der Waals surface area (Å²) < 4.78 is 0. The number of fused-ring (bicyclic) bond motifs is 5. The van der Waals surface area contributed by atoms with Crippen LogP contribution < -0.4 is 0 Å². The molecule has 12 aromatic rings. The first-order valence-electron chi connectivity index (χ1n) is 31.8. The van der Waals surface area contributed by atoms with Crippen molar-refractivity contribution in [2.75, 3.05) is 0 Å². The van der Waals surface area contributed by atoms with Gasteiger partial charge in [0.2, 0.25) is 0 Å². The van der Waals surface area contributed by atoms with Gasteiger partial charge in [0, 0.05) is 86.4 Å². The van der Waals surface area contributed by atoms with Gasteiger partial charge in [0.05, 0.1) is 11.0 Å². The van der Waals surface area contributed by atoms with Crippen molar-refractivity contribution in [3.05, 3.63) is 250 Å². The van der Waals surface area contributed by atoms with Gasteiger partial charge in [-0.15, -0.1) is 0 Å². The second kappa shape index (κ2) is 45.5. The number of nitrogens with zero attached hydrogens (tertiary/aromatic N) is 10. The third-order valence-corrected chi connectivity index (χ3v) is 12.3. The molecule has 0 amide bonds. The van der Waals surface area contributed by atoms with Crippen LogP contribution in [0.25, 0.3) is 54.1 Å². The molecule has 0 atom stereocenters. The summed E-state index contributed by atoms with van der Waals surface area (Å²) in [7, 11) is 0. The second-order valence-corrected chi connectivity index (χ2v) is 19.5. The molecule has 7 heterocycles. The summed E-state index contributed by atoms with van der Waals surface area (Å²) in [5, 5.41) is 10.1. The maximum absolute atomic E-state index is 4.44. The van der Waals surface area contributed by atoms with Crippen LogP contribution in [0.1, 0.15) is 168 Å². The molecule has 0 saturated heterocycles. The Morgan fingerprint density at radius 3 is 1.25 bits per heavy atom. The van der Waals surface area contributed by atoms with Crippen molar-refractivity contribution in [1.29, 1.82) is 0 Å². The van der Waals surface area contributed by atoms with Crippen LogP contribution in [0.3, 0.4) is 0 Å². The number of pyridine rings is 5. The average molecular weight is 1200 g/mol. The van der Waals surface area contributed by atoms with Gasteiger partial charge in [-0.05, 0) is 202 Å². The fraction of sp³-hybridized carbons (Fsp3) is 0.342. The molecule has 0 saturated carbocycles. The van der Waals surface area contributed by atoms with E-state index in [1.54, 1.807) is 6.33 Å². The smallest absolute Gasteiger partial charge is 0.129 e. The molecule has 0 bridgehead atoms. The van der Waals surface area contributed by atoms with E-state index in [-0.39, 0.29) is 0 Å². The lowest BCUT2D eigenvalue weighted by atomic mass is 10.0. The number of hydrogen-bond acceptors (Lipinski definition) is 10. The third kappa shape index (κ3) is 28.7. The number of aryl methyl sites for hydroxylation is 15. The van der Waals surface area contributed by atoms with Gasteiger partial charge in [0.15, 0.2) is 0 Å². The van der Waals surface area contributed by atoms with Gasteiger partial charge >= 0.3 is 0 Å². The SMILES string of the molecule is CC.CC.CC.CC.CC.CC.Cc1cc(C)c2ccccc2n1.Cc1cc(C)c2cccnc2c1.Cc1cc(C)c2ccncc2c1.Cc1cc(C)c2cnccc2c1.Cc1cc(C)ncn1.Cc1cc2ccccc2c(C)n1.Cc1nc(C)nc(C)n1. The summed E-state index contributed by atoms with van der Waals surface area (Å²) in [4.78, 5) is 41.2. The highest BCUT2D eigenvalue weighted by Gasteiger charge is 2.02. The molecule has 0 fully saturated rings. The van der Waals surface area contributed by atoms with E-state index in [0.29, 0.717) is 0 Å². The Hall–Kier alpha value is -8.76. The summed E-state index contributed by atoms with van der Waals surface area (Å²) >= 11 is 0. The molecule has 10 nitrogen and oxygen atoms in total. The van der Waals surface area contributed by atoms with E-state index >= 15 is 0 Å². The van der Waals surface area contributed by atoms with E-state index in [9.17, 15) is 0 Å². The lowest BCUT2D eigenvalue weighted by Gasteiger charge is -2.02. The van der Waals surface area contributed by atoms with Crippen LogP contribution in [-0.4, -0.2) is 49.8 Å². The standard InChI is InChI=1S/5C11H11N.C6H9N3.C6H8N2.6C2H6/c1-8-5-9(2)11-3-4-12-7-10(11)6-8;1-8-5-9(2)11-7-12-4-3-10(11)6-8;1-8-6-9(2)10-4-3-5-12-11(10)7-8;1-8-7-10-5-3-4-6-11(10)9(2)12-8;1-8-7-9(2)12-11-6-4-3-5-10(8)11;1-4-7-5(2)9-6(3)8-4;1-5-3-6(2)8-4-7-5;6*1-2/h5*3-7H,1-2H3;1-3H3;3-4H,1-2H3;6*1-2H3. The quantitative estimate of drug-likeness (QED) is 0.145. The fourth-order valence-electron chi connectivity index (χ4n) is 9.11. The van der Waals surface area contributed by atoms with Crippen molar-refractivity contribution >= 4 is 54.1 Å². The topological polar surface area (TPSA) is 129 Å². The second-order valence-electron chi connectivity index (χ2n) is 19.5. The number of benzene rings is 5. The van der Waals surface area contributed by atoms with Crippen LogP contribution in [0.2, 0.25) is 0 Å². The van der Waals surface area contributed by atoms with E-state index in [1.165, 1.54) is 82.0 Å². The minimum atomic E-state index is 0.792. The predicted molar refractivity (Wildman–Crippen MR) is 390 cm³/mol. The predicted octanol–water partition coefficient (Wildman–Crippen LogP) is 22.3. The minimum absolute atomic E-state index is 0.792. The first-order valence-corrected chi connectivity index (χ1v) is 31.8. The highest BCUT2D eigenvalue weighted by Crippen LogP contribution is 2.22. The third-order valence-electron chi connectivity index (χ3n) is 12.3. The number of rotatable bonds is 0. The molecule has 0 radical (unpaired) electrons. The Kier molecular flexibility index (Phi) is 41.0. The lowest BCUT2D eigenvalue weighted by molar-refractivity contribution is 0.875. The van der Waals surface area contributed by atoms with E-state index in [2.05, 4.69) is 202 Å². The normalized spacial score (nSPS) is 9.29. The van der Waals surface area contributed by atoms with Gasteiger partial charge in [0.1, 0.15) is 23.8 Å². The van der Waals surface area contributed by atoms with Crippen LogP contribution in [0, 0.1) is 104 Å². The highest BCUT2D eigenvalue weighted by atomic mass is 15.0. The first kappa shape index (κ1) is 80.2. The van der Waals surface area contributed by atoms with Gasteiger partial charge in [-0.3, -0.25) is 24.9 Å². The Morgan fingerprint density at radius 2 is 0.685 bits per heavy atom. The van der Waals surface area contributed by atoms with Crippen LogP contribution in [0.5, 0.6) is 0 Å². The summed E-state index contributed by atoms with van der Waals surface area (Å²) in [5.41, 5.74) is 16.7. The molecule has 474 valence electrons. The first-order chi connectivity index (χ1) is 42.8. The summed E-state index contributed by atoms with van der Waals surface area (Å²) in [6, 6.07) is 44.0. The lowest BCUT2D eigenvalue weighted by Crippen LogP contribution is -1.97. The van der Waals surface area contributed by atoms with E-state index in [4.69, 9.17) is 0 Å². The van der Waals surface area contributed by atoms with Crippen LogP contribution in [0.15, 0.2) is 165 Å². The van der Waals surface area contributed by atoms with Crippen molar-refractivity contribution in [3.8, 4) is 0 Å². The van der Waals surface area contributed by atoms with Gasteiger partial charge in [-0.25, -0.2) is 24.9 Å². The maximum atomic E-state index is 4.44. The molecule has 0 spiro atoms. The summed E-state index contributed by atoms with van der Waals surface area (Å²) in [6.45, 7) is 54.4. The van der Waals surface area contributed by atoms with E-state index in [0.717, 1.165) is 57.0 Å². The Balaban J connectivity index is 0.000000989. The van der Waals surface area contributed by atoms with Crippen molar-refractivity contribution in [2.45, 2.75) is 187 Å². The van der Waals surface area contributed by atoms with Gasteiger partial charge in [-0.1, -0.05) is 167 Å². The largest absolute Gasteiger partial charge is 0.264 e. The average Bonchev–Trinajstić information content (AvgIpc) is 3.62. The molecule has 0 N–H and O–H groups in total. The molecule has 10 heteroatoms. The molecule has 0 aliphatic heterocycles. The van der Waals surface area contributed by atoms with E-state index in [1.807, 2.05) is 193 Å².